The number of thiophene rings is 1. The average molecular weight is 356 g/mol. The van der Waals surface area contributed by atoms with Crippen molar-refractivity contribution >= 4 is 22.2 Å². The number of nitrogens with one attached hydrogen (secondary N) is 1. The second kappa shape index (κ2) is 6.61. The molecule has 0 unspecified atom stereocenters. The largest absolute Gasteiger partial charge is 0.312 e. The molecule has 3 nitrogen and oxygen atoms in total. The minimum atomic E-state index is -0.562. The van der Waals surface area contributed by atoms with E-state index >= 15 is 0 Å². The summed E-state index contributed by atoms with van der Waals surface area (Å²) in [5.74, 6) is -0.520. The van der Waals surface area contributed by atoms with E-state index < -0.39 is 11.7 Å². The summed E-state index contributed by atoms with van der Waals surface area (Å²) < 4.78 is 13.8. The maximum atomic E-state index is 13.8. The van der Waals surface area contributed by atoms with E-state index in [0.29, 0.717) is 16.5 Å². The van der Waals surface area contributed by atoms with Crippen molar-refractivity contribution in [3.8, 4) is 6.07 Å². The first-order chi connectivity index (χ1) is 11.8. The highest BCUT2D eigenvalue weighted by Gasteiger charge is 2.32. The van der Waals surface area contributed by atoms with Gasteiger partial charge >= 0.3 is 0 Å². The van der Waals surface area contributed by atoms with Gasteiger partial charge in [0.15, 0.2) is 0 Å². The van der Waals surface area contributed by atoms with E-state index in [2.05, 4.69) is 32.2 Å². The Morgan fingerprint density at radius 1 is 1.36 bits per heavy atom. The highest BCUT2D eigenvalue weighted by atomic mass is 32.1. The van der Waals surface area contributed by atoms with Crippen LogP contribution < -0.4 is 5.32 Å². The zero-order chi connectivity index (χ0) is 18.2. The fourth-order valence-electron chi connectivity index (χ4n) is 3.35. The topological polar surface area (TPSA) is 52.9 Å². The quantitative estimate of drug-likeness (QED) is 0.808. The molecule has 25 heavy (non-hydrogen) atoms. The summed E-state index contributed by atoms with van der Waals surface area (Å²) in [6.07, 6.45) is 2.82. The van der Waals surface area contributed by atoms with Gasteiger partial charge in [0.05, 0.1) is 11.1 Å². The first-order valence-electron chi connectivity index (χ1n) is 8.41. The van der Waals surface area contributed by atoms with Crippen LogP contribution in [0.4, 0.5) is 9.39 Å². The summed E-state index contributed by atoms with van der Waals surface area (Å²) in [5.41, 5.74) is 1.80. The lowest BCUT2D eigenvalue weighted by Gasteiger charge is -2.33. The predicted molar refractivity (Wildman–Crippen MR) is 98.4 cm³/mol. The molecule has 0 spiro atoms. The van der Waals surface area contributed by atoms with Crippen molar-refractivity contribution in [2.24, 2.45) is 11.3 Å². The second-order valence-electron chi connectivity index (χ2n) is 7.56. The van der Waals surface area contributed by atoms with Gasteiger partial charge in [-0.25, -0.2) is 4.39 Å². The van der Waals surface area contributed by atoms with Crippen LogP contribution in [0.2, 0.25) is 0 Å². The van der Waals surface area contributed by atoms with Crippen LogP contribution in [-0.2, 0) is 12.8 Å². The number of rotatable bonds is 2. The minimum absolute atomic E-state index is 0.00895. The standard InChI is InChI=1S/C20H21FN2OS/c1-20(2,3)12-8-9-13-15(11-22)19(25-17(13)10-12)23-18(24)14-6-4-5-7-16(14)21/h4-7,12H,8-10H2,1-3H3,(H,23,24)/t12-/m0/s1. The van der Waals surface area contributed by atoms with E-state index in [-0.39, 0.29) is 11.0 Å². The second-order valence-corrected chi connectivity index (χ2v) is 8.66. The molecule has 130 valence electrons. The summed E-state index contributed by atoms with van der Waals surface area (Å²) in [5, 5.41) is 12.8. The Morgan fingerprint density at radius 2 is 2.08 bits per heavy atom. The number of anilines is 1. The van der Waals surface area contributed by atoms with E-state index in [0.717, 1.165) is 24.8 Å². The number of carbonyl (C=O) groups is 1. The average Bonchev–Trinajstić information content (AvgIpc) is 2.90. The van der Waals surface area contributed by atoms with Crippen LogP contribution >= 0.6 is 11.3 Å². The number of benzene rings is 1. The van der Waals surface area contributed by atoms with Crippen LogP contribution in [0.5, 0.6) is 0 Å². The summed E-state index contributed by atoms with van der Waals surface area (Å²) in [4.78, 5) is 13.6. The molecule has 0 saturated carbocycles. The van der Waals surface area contributed by atoms with Gasteiger partial charge in [-0.05, 0) is 48.3 Å². The number of nitrogens with zero attached hydrogens (tertiary/aromatic N) is 1. The highest BCUT2D eigenvalue weighted by molar-refractivity contribution is 7.16. The molecule has 0 radical (unpaired) electrons. The smallest absolute Gasteiger partial charge is 0.259 e. The van der Waals surface area contributed by atoms with Gasteiger partial charge in [-0.2, -0.15) is 5.26 Å². The summed E-state index contributed by atoms with van der Waals surface area (Å²) in [7, 11) is 0. The van der Waals surface area contributed by atoms with Gasteiger partial charge in [-0.1, -0.05) is 32.9 Å². The molecule has 0 fully saturated rings. The Hall–Kier alpha value is -2.19. The molecule has 1 heterocycles. The molecule has 0 bridgehead atoms. The third-order valence-corrected chi connectivity index (χ3v) is 6.12. The van der Waals surface area contributed by atoms with Crippen molar-refractivity contribution in [1.29, 1.82) is 5.26 Å². The molecule has 5 heteroatoms. The number of halogens is 1. The number of hydrogen-bond acceptors (Lipinski definition) is 3. The van der Waals surface area contributed by atoms with Crippen LogP contribution in [0.1, 0.15) is 53.6 Å². The van der Waals surface area contributed by atoms with E-state index in [9.17, 15) is 14.4 Å². The first kappa shape index (κ1) is 17.6. The van der Waals surface area contributed by atoms with Crippen molar-refractivity contribution in [1.82, 2.24) is 0 Å². The van der Waals surface area contributed by atoms with Gasteiger partial charge in [0, 0.05) is 4.88 Å². The van der Waals surface area contributed by atoms with Crippen LogP contribution in [0, 0.1) is 28.5 Å². The number of fused-ring (bicyclic) bond motifs is 1. The molecule has 1 N–H and O–H groups in total. The predicted octanol–water partition coefficient (Wildman–Crippen LogP) is 5.16. The van der Waals surface area contributed by atoms with Gasteiger partial charge in [-0.15, -0.1) is 11.3 Å². The summed E-state index contributed by atoms with van der Waals surface area (Å²) in [6.45, 7) is 6.72. The molecule has 0 aliphatic heterocycles. The molecule has 0 saturated heterocycles. The summed E-state index contributed by atoms with van der Waals surface area (Å²) >= 11 is 1.46. The molecule has 1 aliphatic rings. The monoisotopic (exact) mass is 356 g/mol. The third-order valence-electron chi connectivity index (χ3n) is 4.95. The highest BCUT2D eigenvalue weighted by Crippen LogP contribution is 2.44. The molecule has 1 aromatic heterocycles. The fraction of sp³-hybridized carbons (Fsp3) is 0.400. The van der Waals surface area contributed by atoms with E-state index in [4.69, 9.17) is 0 Å². The number of carbonyl (C=O) groups excluding carboxylic acids is 1. The minimum Gasteiger partial charge on any atom is -0.312 e. The van der Waals surface area contributed by atoms with Crippen LogP contribution in [0.3, 0.4) is 0 Å². The number of hydrogen-bond donors (Lipinski definition) is 1. The SMILES string of the molecule is CC(C)(C)[C@H]1CCc2c(sc(NC(=O)c3ccccc3F)c2C#N)C1. The molecule has 1 aliphatic carbocycles. The zero-order valence-electron chi connectivity index (χ0n) is 14.6. The molecule has 1 atom stereocenters. The van der Waals surface area contributed by atoms with E-state index in [1.54, 1.807) is 12.1 Å². The Kier molecular flexibility index (Phi) is 4.66. The zero-order valence-corrected chi connectivity index (χ0v) is 15.5. The molecule has 1 amide bonds. The van der Waals surface area contributed by atoms with Crippen molar-refractivity contribution in [3.05, 3.63) is 51.7 Å². The number of nitriles is 1. The molecule has 2 aromatic rings. The van der Waals surface area contributed by atoms with Crippen molar-refractivity contribution in [2.75, 3.05) is 5.32 Å². The van der Waals surface area contributed by atoms with E-state index in [1.165, 1.54) is 28.3 Å². The Bertz CT molecular complexity index is 858. The van der Waals surface area contributed by atoms with Crippen LogP contribution in [0.15, 0.2) is 24.3 Å². The van der Waals surface area contributed by atoms with Crippen molar-refractivity contribution in [3.63, 3.8) is 0 Å². The fourth-order valence-corrected chi connectivity index (χ4v) is 4.62. The van der Waals surface area contributed by atoms with Gasteiger partial charge < -0.3 is 5.32 Å². The maximum absolute atomic E-state index is 13.8. The normalized spacial score (nSPS) is 16.8. The number of amides is 1. The van der Waals surface area contributed by atoms with Crippen molar-refractivity contribution < 1.29 is 9.18 Å². The van der Waals surface area contributed by atoms with Crippen molar-refractivity contribution in [2.45, 2.75) is 40.0 Å². The lowest BCUT2D eigenvalue weighted by molar-refractivity contribution is 0.102. The van der Waals surface area contributed by atoms with Gasteiger partial charge in [0.25, 0.3) is 5.91 Å². The lowest BCUT2D eigenvalue weighted by atomic mass is 9.72. The van der Waals surface area contributed by atoms with E-state index in [1.807, 2.05) is 0 Å². The molecular formula is C20H21FN2OS. The molecule has 3 rings (SSSR count). The van der Waals surface area contributed by atoms with Gasteiger partial charge in [0.1, 0.15) is 16.9 Å². The first-order valence-corrected chi connectivity index (χ1v) is 9.23. The Balaban J connectivity index is 1.89. The Morgan fingerprint density at radius 3 is 2.72 bits per heavy atom. The van der Waals surface area contributed by atoms with Crippen LogP contribution in [-0.4, -0.2) is 5.91 Å². The van der Waals surface area contributed by atoms with Gasteiger partial charge in [0.2, 0.25) is 0 Å². The maximum Gasteiger partial charge on any atom is 0.259 e. The molecule has 1 aromatic carbocycles. The lowest BCUT2D eigenvalue weighted by Crippen LogP contribution is -2.26. The van der Waals surface area contributed by atoms with Crippen LogP contribution in [0.25, 0.3) is 0 Å². The molecular weight excluding hydrogens is 335 g/mol. The Labute approximate surface area is 151 Å². The van der Waals surface area contributed by atoms with Gasteiger partial charge in [-0.3, -0.25) is 4.79 Å². The third kappa shape index (κ3) is 3.45. The summed E-state index contributed by atoms with van der Waals surface area (Å²) in [6, 6.07) is 8.10.